The summed E-state index contributed by atoms with van der Waals surface area (Å²) in [6, 6.07) is 9.79. The predicted molar refractivity (Wildman–Crippen MR) is 79.0 cm³/mol. The highest BCUT2D eigenvalue weighted by Crippen LogP contribution is 2.28. The number of benzene rings is 1. The molecule has 2 heteroatoms. The van der Waals surface area contributed by atoms with Crippen molar-refractivity contribution >= 4 is 11.6 Å². The molecule has 0 radical (unpaired) electrons. The highest BCUT2D eigenvalue weighted by Gasteiger charge is 2.27. The van der Waals surface area contributed by atoms with E-state index in [-0.39, 0.29) is 0 Å². The van der Waals surface area contributed by atoms with Gasteiger partial charge in [0.2, 0.25) is 0 Å². The lowest BCUT2D eigenvalue weighted by molar-refractivity contribution is 0.284. The number of nitrogens with zero attached hydrogens (tertiary/aromatic N) is 1. The van der Waals surface area contributed by atoms with Gasteiger partial charge in [-0.1, -0.05) is 55.8 Å². The second kappa shape index (κ2) is 6.40. The SMILES string of the molecule is CC(C)c1ccc(CN(C/C=C\Cl)C2CC2)cc1. The Morgan fingerprint density at radius 1 is 1.28 bits per heavy atom. The minimum Gasteiger partial charge on any atom is -0.292 e. The Hall–Kier alpha value is -0.790. The monoisotopic (exact) mass is 263 g/mol. The molecular weight excluding hydrogens is 242 g/mol. The topological polar surface area (TPSA) is 3.24 Å². The third-order valence-corrected chi connectivity index (χ3v) is 3.70. The van der Waals surface area contributed by atoms with Crippen LogP contribution >= 0.6 is 11.6 Å². The van der Waals surface area contributed by atoms with Crippen LogP contribution in [-0.4, -0.2) is 17.5 Å². The normalized spacial score (nSPS) is 16.1. The van der Waals surface area contributed by atoms with E-state index in [1.165, 1.54) is 24.0 Å². The van der Waals surface area contributed by atoms with Gasteiger partial charge in [-0.3, -0.25) is 4.90 Å². The van der Waals surface area contributed by atoms with E-state index in [9.17, 15) is 0 Å². The Labute approximate surface area is 115 Å². The van der Waals surface area contributed by atoms with Gasteiger partial charge in [-0.15, -0.1) is 0 Å². The van der Waals surface area contributed by atoms with Crippen molar-refractivity contribution in [2.24, 2.45) is 0 Å². The lowest BCUT2D eigenvalue weighted by atomic mass is 10.0. The molecular formula is C16H22ClN. The van der Waals surface area contributed by atoms with Gasteiger partial charge >= 0.3 is 0 Å². The van der Waals surface area contributed by atoms with Gasteiger partial charge in [0, 0.05) is 24.7 Å². The number of hydrogen-bond acceptors (Lipinski definition) is 1. The van der Waals surface area contributed by atoms with Crippen molar-refractivity contribution in [3.05, 3.63) is 47.0 Å². The Kier molecular flexibility index (Phi) is 4.85. The molecule has 0 aliphatic heterocycles. The average Bonchev–Trinajstić information content (AvgIpc) is 3.19. The molecule has 0 unspecified atom stereocenters. The maximum atomic E-state index is 5.62. The third kappa shape index (κ3) is 3.86. The molecule has 1 aliphatic carbocycles. The number of rotatable bonds is 6. The zero-order valence-electron chi connectivity index (χ0n) is 11.3. The number of halogens is 1. The van der Waals surface area contributed by atoms with E-state index in [0.29, 0.717) is 5.92 Å². The average molecular weight is 264 g/mol. The molecule has 0 spiro atoms. The zero-order chi connectivity index (χ0) is 13.0. The van der Waals surface area contributed by atoms with Gasteiger partial charge in [-0.2, -0.15) is 0 Å². The maximum absolute atomic E-state index is 5.62. The lowest BCUT2D eigenvalue weighted by Crippen LogP contribution is -2.25. The van der Waals surface area contributed by atoms with Crippen LogP contribution in [-0.2, 0) is 6.54 Å². The summed E-state index contributed by atoms with van der Waals surface area (Å²) in [5, 5.41) is 0. The summed E-state index contributed by atoms with van der Waals surface area (Å²) in [7, 11) is 0. The molecule has 98 valence electrons. The van der Waals surface area contributed by atoms with Crippen molar-refractivity contribution in [1.82, 2.24) is 4.90 Å². The quantitative estimate of drug-likeness (QED) is 0.729. The second-order valence-corrected chi connectivity index (χ2v) is 5.67. The predicted octanol–water partition coefficient (Wildman–Crippen LogP) is 4.53. The highest BCUT2D eigenvalue weighted by molar-refractivity contribution is 6.25. The first-order valence-corrected chi connectivity index (χ1v) is 7.22. The minimum absolute atomic E-state index is 0.609. The van der Waals surface area contributed by atoms with Crippen LogP contribution in [0.3, 0.4) is 0 Å². The smallest absolute Gasteiger partial charge is 0.0239 e. The van der Waals surface area contributed by atoms with Crippen molar-refractivity contribution in [3.63, 3.8) is 0 Å². The minimum atomic E-state index is 0.609. The van der Waals surface area contributed by atoms with Gasteiger partial charge < -0.3 is 0 Å². The van der Waals surface area contributed by atoms with Crippen LogP contribution in [0.15, 0.2) is 35.9 Å². The van der Waals surface area contributed by atoms with Gasteiger partial charge in [0.05, 0.1) is 0 Å². The molecule has 18 heavy (non-hydrogen) atoms. The lowest BCUT2D eigenvalue weighted by Gasteiger charge is -2.20. The van der Waals surface area contributed by atoms with Gasteiger partial charge in [0.1, 0.15) is 0 Å². The fourth-order valence-corrected chi connectivity index (χ4v) is 2.28. The van der Waals surface area contributed by atoms with E-state index in [0.717, 1.165) is 19.1 Å². The summed E-state index contributed by atoms with van der Waals surface area (Å²) >= 11 is 5.62. The molecule has 0 N–H and O–H groups in total. The van der Waals surface area contributed by atoms with Crippen LogP contribution < -0.4 is 0 Å². The standard InChI is InChI=1S/C16H22ClN/c1-13(2)15-6-4-14(5-7-15)12-18(11-3-10-17)16-8-9-16/h3-7,10,13,16H,8-9,11-12H2,1-2H3/b10-3-. The fraction of sp³-hybridized carbons (Fsp3) is 0.500. The first-order chi connectivity index (χ1) is 8.70. The largest absolute Gasteiger partial charge is 0.292 e. The highest BCUT2D eigenvalue weighted by atomic mass is 35.5. The van der Waals surface area contributed by atoms with E-state index < -0.39 is 0 Å². The van der Waals surface area contributed by atoms with E-state index in [4.69, 9.17) is 11.6 Å². The zero-order valence-corrected chi connectivity index (χ0v) is 12.0. The molecule has 0 bridgehead atoms. The van der Waals surface area contributed by atoms with Crippen LogP contribution in [0, 0.1) is 0 Å². The Morgan fingerprint density at radius 2 is 1.94 bits per heavy atom. The second-order valence-electron chi connectivity index (χ2n) is 5.42. The first kappa shape index (κ1) is 13.6. The first-order valence-electron chi connectivity index (χ1n) is 6.79. The van der Waals surface area contributed by atoms with E-state index in [1.54, 1.807) is 5.54 Å². The molecule has 1 aliphatic rings. The van der Waals surface area contributed by atoms with Crippen LogP contribution in [0.1, 0.15) is 43.7 Å². The van der Waals surface area contributed by atoms with Crippen molar-refractivity contribution in [2.45, 2.75) is 45.2 Å². The van der Waals surface area contributed by atoms with Gasteiger partial charge in [0.15, 0.2) is 0 Å². The molecule has 0 amide bonds. The van der Waals surface area contributed by atoms with E-state index in [1.807, 2.05) is 6.08 Å². The molecule has 1 saturated carbocycles. The van der Waals surface area contributed by atoms with Crippen molar-refractivity contribution in [3.8, 4) is 0 Å². The molecule has 0 atom stereocenters. The summed E-state index contributed by atoms with van der Waals surface area (Å²) in [5.41, 5.74) is 4.43. The van der Waals surface area contributed by atoms with Crippen LogP contribution in [0.5, 0.6) is 0 Å². The van der Waals surface area contributed by atoms with Crippen molar-refractivity contribution in [2.75, 3.05) is 6.54 Å². The molecule has 1 fully saturated rings. The molecule has 0 aromatic heterocycles. The summed E-state index contributed by atoms with van der Waals surface area (Å²) < 4.78 is 0. The molecule has 0 saturated heterocycles. The Bertz CT molecular complexity index is 390. The molecule has 0 heterocycles. The molecule has 1 aromatic rings. The van der Waals surface area contributed by atoms with Gasteiger partial charge in [0.25, 0.3) is 0 Å². The molecule has 2 rings (SSSR count). The summed E-state index contributed by atoms with van der Waals surface area (Å²) in [6.45, 7) is 6.46. The van der Waals surface area contributed by atoms with E-state index in [2.05, 4.69) is 43.0 Å². The van der Waals surface area contributed by atoms with Gasteiger partial charge in [-0.25, -0.2) is 0 Å². The summed E-state index contributed by atoms with van der Waals surface area (Å²) in [4.78, 5) is 2.50. The van der Waals surface area contributed by atoms with E-state index >= 15 is 0 Å². The van der Waals surface area contributed by atoms with Crippen LogP contribution in [0.2, 0.25) is 0 Å². The van der Waals surface area contributed by atoms with Crippen molar-refractivity contribution < 1.29 is 0 Å². The van der Waals surface area contributed by atoms with Crippen LogP contribution in [0.25, 0.3) is 0 Å². The van der Waals surface area contributed by atoms with Crippen molar-refractivity contribution in [1.29, 1.82) is 0 Å². The third-order valence-electron chi connectivity index (χ3n) is 3.52. The maximum Gasteiger partial charge on any atom is 0.0239 e. The fourth-order valence-electron chi connectivity index (χ4n) is 2.20. The summed E-state index contributed by atoms with van der Waals surface area (Å²) in [6.07, 6.45) is 4.70. The van der Waals surface area contributed by atoms with Gasteiger partial charge in [-0.05, 0) is 29.9 Å². The Balaban J connectivity index is 1.97. The summed E-state index contributed by atoms with van der Waals surface area (Å²) in [5.74, 6) is 0.609. The molecule has 1 aromatic carbocycles. The van der Waals surface area contributed by atoms with Crippen LogP contribution in [0.4, 0.5) is 0 Å². The number of hydrogen-bond donors (Lipinski definition) is 0. The Morgan fingerprint density at radius 3 is 2.44 bits per heavy atom. The molecule has 1 nitrogen and oxygen atoms in total.